The van der Waals surface area contributed by atoms with Crippen LogP contribution in [-0.4, -0.2) is 259 Å². The van der Waals surface area contributed by atoms with Crippen molar-refractivity contribution in [3.05, 3.63) is 59.7 Å². The van der Waals surface area contributed by atoms with Crippen LogP contribution in [0.4, 0.5) is 0 Å². The van der Waals surface area contributed by atoms with Gasteiger partial charge in [0.25, 0.3) is 12.9 Å². The summed E-state index contributed by atoms with van der Waals surface area (Å²) in [5.41, 5.74) is 18.0. The van der Waals surface area contributed by atoms with Crippen molar-refractivity contribution in [1.82, 2.24) is 79.3 Å². The smallest absolute Gasteiger partial charge is 0.293 e. The molecular formula is C80H120N20O22S2. The summed E-state index contributed by atoms with van der Waals surface area (Å²) in [5, 5.41) is 71.2. The fraction of sp³-hybridized carbons (Fsp3) is 0.600. The molecule has 0 aliphatic carbocycles. The van der Waals surface area contributed by atoms with Gasteiger partial charge in [0.2, 0.25) is 82.7 Å². The third-order valence-electron chi connectivity index (χ3n) is 20.3. The lowest BCUT2D eigenvalue weighted by molar-refractivity contribution is -0.139. The van der Waals surface area contributed by atoms with E-state index < -0.39 is 187 Å². The minimum absolute atomic E-state index is 0.0273. The molecule has 0 radical (unpaired) electrons. The number of hydrogen-bond acceptors (Lipinski definition) is 27. The average Bonchev–Trinajstić information content (AvgIpc) is 1.64. The van der Waals surface area contributed by atoms with Crippen molar-refractivity contribution < 1.29 is 106 Å². The molecule has 0 saturated carbocycles. The van der Waals surface area contributed by atoms with Gasteiger partial charge in [-0.2, -0.15) is 0 Å². The van der Waals surface area contributed by atoms with Crippen LogP contribution in [-0.2, 0) is 109 Å². The number of benzene rings is 2. The summed E-state index contributed by atoms with van der Waals surface area (Å²) in [5.74, 6) is -14.1. The number of phenols is 2. The summed E-state index contributed by atoms with van der Waals surface area (Å²) in [6.07, 6.45) is 3.56. The van der Waals surface area contributed by atoms with Gasteiger partial charge in [0, 0.05) is 102 Å². The SMILES string of the molecule is CCCCCCN1C(=O)CC(SSCC(N)C(=O)NCCCCCC(=O)NC(CCC(=O)NCCCCC2NC(=O)[C@@H](CCCNC(=N)N)CC(=O)CNC(=O)[C@@H](COC=O)NC(=O)[C@H](Cc3ccc(O)cc3)NC2=O)C(=O)NCCCCC2CC(=O)[C@@H](CCCNC(=N)N)NC(=O)CNC(=O)[C@@H](COC=O)NC(=O)[C@H](Cc3ccc(O)cc3)NC2=O)C1=O. The number of nitrogens with one attached hydrogen (secondary N) is 16. The maximum atomic E-state index is 14.6. The van der Waals surface area contributed by atoms with Crippen molar-refractivity contribution in [2.75, 3.05) is 71.3 Å². The van der Waals surface area contributed by atoms with E-state index in [1.807, 2.05) is 0 Å². The van der Waals surface area contributed by atoms with E-state index in [0.29, 0.717) is 30.5 Å². The number of amides is 14. The monoisotopic (exact) mass is 1780 g/mol. The number of carbonyl (C=O) groups is 18. The van der Waals surface area contributed by atoms with Crippen LogP contribution in [0.15, 0.2) is 48.5 Å². The Morgan fingerprint density at radius 1 is 0.516 bits per heavy atom. The van der Waals surface area contributed by atoms with Gasteiger partial charge in [-0.3, -0.25) is 102 Å². The number of Topliss-reactive ketones (excluding diaryl/α,β-unsaturated/α-hetero) is 2. The summed E-state index contributed by atoms with van der Waals surface area (Å²) in [6, 6.07) is 0.293. The van der Waals surface area contributed by atoms with Gasteiger partial charge in [0.15, 0.2) is 23.5 Å². The normalized spacial score (nSPS) is 20.7. The molecule has 5 rings (SSSR count). The number of nitrogens with zero attached hydrogens (tertiary/aromatic N) is 1. The molecule has 3 fully saturated rings. The van der Waals surface area contributed by atoms with Crippen molar-refractivity contribution >= 4 is 141 Å². The van der Waals surface area contributed by atoms with E-state index in [0.717, 1.165) is 25.7 Å². The van der Waals surface area contributed by atoms with E-state index in [1.165, 1.54) is 75.0 Å². The van der Waals surface area contributed by atoms with Gasteiger partial charge in [0.1, 0.15) is 66.2 Å². The number of nitrogens with two attached hydrogens (primary N) is 3. The molecule has 3 heterocycles. The Labute approximate surface area is 726 Å². The predicted octanol–water partition coefficient (Wildman–Crippen LogP) is -2.99. The lowest BCUT2D eigenvalue weighted by atomic mass is 9.90. The van der Waals surface area contributed by atoms with Crippen LogP contribution in [0.5, 0.6) is 11.5 Å². The molecule has 0 spiro atoms. The summed E-state index contributed by atoms with van der Waals surface area (Å²) < 4.78 is 9.65. The molecule has 684 valence electrons. The number of hydrogen-bond donors (Lipinski definition) is 21. The fourth-order valence-corrected chi connectivity index (χ4v) is 16.0. The van der Waals surface area contributed by atoms with Crippen molar-refractivity contribution in [1.29, 1.82) is 10.8 Å². The Kier molecular flexibility index (Phi) is 47.2. The van der Waals surface area contributed by atoms with Crippen molar-refractivity contribution in [2.45, 2.75) is 221 Å². The van der Waals surface area contributed by atoms with Crippen LogP contribution < -0.4 is 91.6 Å². The zero-order chi connectivity index (χ0) is 90.9. The zero-order valence-corrected chi connectivity index (χ0v) is 71.3. The highest BCUT2D eigenvalue weighted by atomic mass is 33.1. The van der Waals surface area contributed by atoms with Gasteiger partial charge >= 0.3 is 0 Å². The van der Waals surface area contributed by atoms with Crippen molar-refractivity contribution in [2.24, 2.45) is 29.0 Å². The van der Waals surface area contributed by atoms with Crippen LogP contribution >= 0.6 is 21.6 Å². The maximum absolute atomic E-state index is 14.6. The lowest BCUT2D eigenvalue weighted by Gasteiger charge is -2.26. The number of guanidine groups is 2. The fourth-order valence-electron chi connectivity index (χ4n) is 13.4. The molecule has 14 amide bonds. The van der Waals surface area contributed by atoms with E-state index in [4.69, 9.17) is 37.5 Å². The Hall–Kier alpha value is -11.7. The second kappa shape index (κ2) is 56.9. The first-order valence-corrected chi connectivity index (χ1v) is 44.0. The molecule has 2 aromatic rings. The molecule has 2 aromatic carbocycles. The van der Waals surface area contributed by atoms with E-state index in [9.17, 15) is 96.5 Å². The van der Waals surface area contributed by atoms with Crippen LogP contribution in [0.25, 0.3) is 0 Å². The number of phenolic OH excluding ortho intramolecular Hbond substituents is 2. The highest BCUT2D eigenvalue weighted by Gasteiger charge is 2.40. The number of imide groups is 1. The average molecular weight is 1780 g/mol. The standard InChI is InChI=1S/C80H120N20O22S2/c1-2-3-4-12-35-100-68(110)40-64(78(100)120)124-123-45-55(81)71(113)87-31-9-5-6-19-66(108)94-58(72(114)88-32-10-7-15-51-39-63(106)56(18-14-34-90-80(84)85)93-67(109)42-92-74(116)62(44-122-47-102)99-76(118)59(96-70(51)112)36-48-20-24-52(103)25-21-48)28-29-65(107)86-30-11-8-17-57-75(117)97-60(37-49-22-26-53(104)27-23-49)77(119)98-61(43-121-46-101)73(115)91-41-54(105)38-50(69(111)95-57)16-13-33-89-79(82)83/h20-27,46-47,50-51,55-62,64,103-104H,2-19,28-45,81H2,1H3,(H,86,107)(H,87,113)(H,88,114)(H,91,115)(H,92,116)(H,93,109)(H,94,108)(H,95,111)(H,96,112)(H,97,117)(H,98,119)(H,99,118)(H4,82,83,89)(H4,84,85,90)/t50-,51?,55?,56+,57?,58?,59-,60-,61+,62+,64?/m0/s1. The number of likely N-dealkylation sites (tertiary alicyclic amines) is 1. The number of unbranched alkanes of at least 4 members (excludes halogenated alkanes) is 7. The second-order valence-corrected chi connectivity index (χ2v) is 32.9. The minimum atomic E-state index is -1.58. The first-order chi connectivity index (χ1) is 59.4. The number of ether oxygens (including phenoxy) is 2. The largest absolute Gasteiger partial charge is 0.508 e. The number of ketones is 2. The molecular weight excluding hydrogens is 1660 g/mol. The van der Waals surface area contributed by atoms with Crippen molar-refractivity contribution in [3.8, 4) is 11.5 Å². The molecule has 3 aliphatic rings. The molecule has 42 nitrogen and oxygen atoms in total. The molecule has 11 atom stereocenters. The van der Waals surface area contributed by atoms with Gasteiger partial charge < -0.3 is 111 Å². The van der Waals surface area contributed by atoms with E-state index in [-0.39, 0.29) is 196 Å². The molecule has 0 aromatic heterocycles. The van der Waals surface area contributed by atoms with Crippen LogP contribution in [0.1, 0.15) is 166 Å². The van der Waals surface area contributed by atoms with E-state index in [2.05, 4.69) is 81.4 Å². The van der Waals surface area contributed by atoms with E-state index in [1.54, 1.807) is 0 Å². The Bertz CT molecular complexity index is 3960. The third-order valence-corrected chi connectivity index (χ3v) is 23.0. The second-order valence-electron chi connectivity index (χ2n) is 30.3. The zero-order valence-electron chi connectivity index (χ0n) is 69.6. The Morgan fingerprint density at radius 2 is 1.00 bits per heavy atom. The number of aromatic hydroxyl groups is 2. The quantitative estimate of drug-likeness (QED) is 0.00784. The van der Waals surface area contributed by atoms with E-state index >= 15 is 0 Å². The van der Waals surface area contributed by atoms with Crippen LogP contribution in [0.2, 0.25) is 0 Å². The van der Waals surface area contributed by atoms with Crippen LogP contribution in [0.3, 0.4) is 0 Å². The lowest BCUT2D eigenvalue weighted by Crippen LogP contribution is -2.58. The molecule has 3 aliphatic heterocycles. The molecule has 44 heteroatoms. The first-order valence-electron chi connectivity index (χ1n) is 41.6. The Morgan fingerprint density at radius 3 is 1.58 bits per heavy atom. The summed E-state index contributed by atoms with van der Waals surface area (Å²) in [4.78, 5) is 244. The number of carbonyl (C=O) groups excluding carboxylic acids is 18. The third kappa shape index (κ3) is 39.6. The highest BCUT2D eigenvalue weighted by Crippen LogP contribution is 2.35. The predicted molar refractivity (Wildman–Crippen MR) is 453 cm³/mol. The van der Waals surface area contributed by atoms with Gasteiger partial charge in [0.05, 0.1) is 25.2 Å². The maximum Gasteiger partial charge on any atom is 0.293 e. The molecule has 124 heavy (non-hydrogen) atoms. The summed E-state index contributed by atoms with van der Waals surface area (Å²) >= 11 is 0. The topological polar surface area (TPSA) is 664 Å². The Balaban J connectivity index is 1.31. The van der Waals surface area contributed by atoms with Crippen LogP contribution in [0, 0.1) is 22.7 Å². The number of rotatable bonds is 49. The summed E-state index contributed by atoms with van der Waals surface area (Å²) in [7, 11) is 2.43. The molecule has 5 unspecified atom stereocenters. The summed E-state index contributed by atoms with van der Waals surface area (Å²) in [6.45, 7) is 0.143. The van der Waals surface area contributed by atoms with Gasteiger partial charge in [-0.15, -0.1) is 0 Å². The van der Waals surface area contributed by atoms with Gasteiger partial charge in [-0.05, 0) is 119 Å². The first kappa shape index (κ1) is 103. The van der Waals surface area contributed by atoms with Gasteiger partial charge in [-0.25, -0.2) is 0 Å². The molecule has 0 bridgehead atoms. The highest BCUT2D eigenvalue weighted by molar-refractivity contribution is 8.77. The molecule has 3 saturated heterocycles. The minimum Gasteiger partial charge on any atom is -0.508 e. The van der Waals surface area contributed by atoms with Crippen molar-refractivity contribution in [3.63, 3.8) is 0 Å². The van der Waals surface area contributed by atoms with Gasteiger partial charge in [-0.1, -0.05) is 84.9 Å². The molecule has 24 N–H and O–H groups in total.